The number of aryl methyl sites for hydroxylation is 1. The molecule has 0 unspecified atom stereocenters. The lowest BCUT2D eigenvalue weighted by atomic mass is 10.1. The van der Waals surface area contributed by atoms with Gasteiger partial charge in [0, 0.05) is 18.3 Å². The molecule has 0 saturated carbocycles. The smallest absolute Gasteiger partial charge is 0.278 e. The third-order valence-electron chi connectivity index (χ3n) is 4.14. The number of fused-ring (bicyclic) bond motifs is 1. The van der Waals surface area contributed by atoms with E-state index in [4.69, 9.17) is 4.84 Å². The average molecular weight is 345 g/mol. The van der Waals surface area contributed by atoms with Crippen LogP contribution < -0.4 is 16.4 Å². The highest BCUT2D eigenvalue weighted by atomic mass is 19.1. The number of carbonyl (C=O) groups excluding carboxylic acids is 1. The Kier molecular flexibility index (Phi) is 4.85. The molecule has 0 spiro atoms. The second-order valence-corrected chi connectivity index (χ2v) is 5.95. The highest BCUT2D eigenvalue weighted by Crippen LogP contribution is 2.28. The summed E-state index contributed by atoms with van der Waals surface area (Å²) in [5.74, 6) is -0.903. The second-order valence-electron chi connectivity index (χ2n) is 5.95. The van der Waals surface area contributed by atoms with E-state index in [0.717, 1.165) is 12.0 Å². The summed E-state index contributed by atoms with van der Waals surface area (Å²) in [5.41, 5.74) is 4.36. The number of hydrogen-bond donors (Lipinski definition) is 2. The van der Waals surface area contributed by atoms with Crippen molar-refractivity contribution in [1.29, 1.82) is 0 Å². The molecule has 1 aromatic carbocycles. The van der Waals surface area contributed by atoms with Crippen LogP contribution >= 0.6 is 0 Å². The van der Waals surface area contributed by atoms with Gasteiger partial charge < -0.3 is 9.88 Å². The molecule has 25 heavy (non-hydrogen) atoms. The molecule has 0 saturated heterocycles. The minimum atomic E-state index is -0.456. The van der Waals surface area contributed by atoms with Crippen LogP contribution in [0.15, 0.2) is 29.1 Å². The van der Waals surface area contributed by atoms with Gasteiger partial charge in [0.2, 0.25) is 0 Å². The molecule has 0 fully saturated rings. The molecule has 2 aromatic rings. The van der Waals surface area contributed by atoms with E-state index in [1.807, 2.05) is 0 Å². The number of aromatic nitrogens is 1. The maximum atomic E-state index is 14.2. The summed E-state index contributed by atoms with van der Waals surface area (Å²) in [6.07, 6.45) is 1.39. The Labute approximate surface area is 144 Å². The lowest BCUT2D eigenvalue weighted by Crippen LogP contribution is -2.29. The minimum Gasteiger partial charge on any atom is -0.352 e. The monoisotopic (exact) mass is 345 g/mol. The molecule has 1 aromatic heterocycles. The van der Waals surface area contributed by atoms with Crippen LogP contribution in [0.3, 0.4) is 0 Å². The topological polar surface area (TPSA) is 72.4 Å². The van der Waals surface area contributed by atoms with Crippen LogP contribution in [0.5, 0.6) is 0 Å². The Morgan fingerprint density at radius 3 is 2.84 bits per heavy atom. The first-order chi connectivity index (χ1) is 12.0. The van der Waals surface area contributed by atoms with Gasteiger partial charge in [-0.2, -0.15) is 0 Å². The third kappa shape index (κ3) is 3.41. The van der Waals surface area contributed by atoms with Gasteiger partial charge in [-0.1, -0.05) is 6.07 Å². The predicted molar refractivity (Wildman–Crippen MR) is 92.5 cm³/mol. The van der Waals surface area contributed by atoms with Crippen LogP contribution in [0.25, 0.3) is 0 Å². The van der Waals surface area contributed by atoms with Crippen LogP contribution in [-0.4, -0.2) is 17.1 Å². The summed E-state index contributed by atoms with van der Waals surface area (Å²) in [6.45, 7) is 4.43. The van der Waals surface area contributed by atoms with Crippen molar-refractivity contribution in [1.82, 2.24) is 10.0 Å². The van der Waals surface area contributed by atoms with E-state index in [9.17, 15) is 14.0 Å². The van der Waals surface area contributed by atoms with Crippen molar-refractivity contribution in [2.45, 2.75) is 33.2 Å². The fourth-order valence-electron chi connectivity index (χ4n) is 3.01. The van der Waals surface area contributed by atoms with Gasteiger partial charge in [-0.25, -0.2) is 9.87 Å². The standard InChI is InChI=1S/C18H20FN3O3/c1-3-25-21-18(24)17-14(10-16(23)22-8-4-5-15(17)22)20-13-7-6-11(2)9-12(13)19/h6-7,9-10,20H,3-5,8H2,1-2H3,(H,21,24). The second kappa shape index (κ2) is 7.06. The number of benzene rings is 1. The SMILES string of the molecule is CCONC(=O)c1c(Nc2ccc(C)cc2F)cc(=O)n2c1CCC2. The predicted octanol–water partition coefficient (Wildman–Crippen LogP) is 2.67. The van der Waals surface area contributed by atoms with Crippen LogP contribution in [0.2, 0.25) is 0 Å². The van der Waals surface area contributed by atoms with Crippen molar-refractivity contribution in [3.63, 3.8) is 0 Å². The highest BCUT2D eigenvalue weighted by Gasteiger charge is 2.25. The lowest BCUT2D eigenvalue weighted by Gasteiger charge is -2.16. The first-order valence-electron chi connectivity index (χ1n) is 8.23. The molecule has 1 aliphatic heterocycles. The molecule has 3 rings (SSSR count). The Bertz CT molecular complexity index is 877. The van der Waals surface area contributed by atoms with Crippen LogP contribution in [-0.2, 0) is 17.8 Å². The fraction of sp³-hybridized carbons (Fsp3) is 0.333. The van der Waals surface area contributed by atoms with E-state index < -0.39 is 11.7 Å². The van der Waals surface area contributed by atoms with Gasteiger partial charge >= 0.3 is 0 Å². The molecule has 132 valence electrons. The molecule has 6 nitrogen and oxygen atoms in total. The van der Waals surface area contributed by atoms with Gasteiger partial charge in [0.15, 0.2) is 0 Å². The summed E-state index contributed by atoms with van der Waals surface area (Å²) in [4.78, 5) is 29.9. The van der Waals surface area contributed by atoms with Crippen molar-refractivity contribution in [2.24, 2.45) is 0 Å². The first-order valence-corrected chi connectivity index (χ1v) is 8.23. The zero-order valence-electron chi connectivity index (χ0n) is 14.2. The van der Waals surface area contributed by atoms with E-state index in [1.54, 1.807) is 30.5 Å². The number of nitrogens with zero attached hydrogens (tertiary/aromatic N) is 1. The number of amides is 1. The summed E-state index contributed by atoms with van der Waals surface area (Å²) in [7, 11) is 0. The largest absolute Gasteiger partial charge is 0.352 e. The van der Waals surface area contributed by atoms with Crippen molar-refractivity contribution in [3.8, 4) is 0 Å². The molecule has 1 amide bonds. The summed E-state index contributed by atoms with van der Waals surface area (Å²) in [5, 5.41) is 2.89. The summed E-state index contributed by atoms with van der Waals surface area (Å²) < 4.78 is 15.8. The fourth-order valence-corrected chi connectivity index (χ4v) is 3.01. The first kappa shape index (κ1) is 17.2. The Balaban J connectivity index is 2.07. The van der Waals surface area contributed by atoms with Gasteiger partial charge in [0.05, 0.1) is 23.5 Å². The summed E-state index contributed by atoms with van der Waals surface area (Å²) in [6, 6.07) is 6.06. The minimum absolute atomic E-state index is 0.207. The lowest BCUT2D eigenvalue weighted by molar-refractivity contribution is 0.0364. The maximum Gasteiger partial charge on any atom is 0.278 e. The van der Waals surface area contributed by atoms with E-state index in [1.165, 1.54) is 12.1 Å². The van der Waals surface area contributed by atoms with Crippen molar-refractivity contribution < 1.29 is 14.0 Å². The van der Waals surface area contributed by atoms with Crippen molar-refractivity contribution in [3.05, 3.63) is 57.3 Å². The number of anilines is 2. The molecule has 0 bridgehead atoms. The molecule has 7 heteroatoms. The Morgan fingerprint density at radius 1 is 1.32 bits per heavy atom. The number of nitrogens with one attached hydrogen (secondary N) is 2. The van der Waals surface area contributed by atoms with Crippen molar-refractivity contribution in [2.75, 3.05) is 11.9 Å². The molecular weight excluding hydrogens is 325 g/mol. The van der Waals surface area contributed by atoms with Crippen LogP contribution in [0.4, 0.5) is 15.8 Å². The molecule has 2 heterocycles. The normalized spacial score (nSPS) is 12.8. The van der Waals surface area contributed by atoms with Crippen molar-refractivity contribution >= 4 is 17.3 Å². The number of carbonyl (C=O) groups is 1. The van der Waals surface area contributed by atoms with Crippen LogP contribution in [0.1, 0.15) is 35.0 Å². The zero-order valence-corrected chi connectivity index (χ0v) is 14.2. The van der Waals surface area contributed by atoms with Gasteiger partial charge in [-0.3, -0.25) is 14.4 Å². The van der Waals surface area contributed by atoms with Gasteiger partial charge in [-0.15, -0.1) is 0 Å². The molecule has 0 atom stereocenters. The van der Waals surface area contributed by atoms with Gasteiger partial charge in [0.1, 0.15) is 5.82 Å². The van der Waals surface area contributed by atoms with Crippen LogP contribution in [0, 0.1) is 12.7 Å². The van der Waals surface area contributed by atoms with E-state index in [-0.39, 0.29) is 16.9 Å². The number of hydrogen-bond acceptors (Lipinski definition) is 4. The zero-order chi connectivity index (χ0) is 18.0. The molecule has 0 aliphatic carbocycles. The van der Waals surface area contributed by atoms with E-state index in [2.05, 4.69) is 10.8 Å². The maximum absolute atomic E-state index is 14.2. The average Bonchev–Trinajstić information content (AvgIpc) is 3.05. The number of rotatable bonds is 5. The van der Waals surface area contributed by atoms with E-state index in [0.29, 0.717) is 30.8 Å². The summed E-state index contributed by atoms with van der Waals surface area (Å²) >= 11 is 0. The Hall–Kier alpha value is -2.67. The molecular formula is C18H20FN3O3. The highest BCUT2D eigenvalue weighted by molar-refractivity contribution is 6.01. The number of hydroxylamine groups is 1. The number of pyridine rings is 1. The van der Waals surface area contributed by atoms with Gasteiger partial charge in [-0.05, 0) is 44.4 Å². The molecule has 2 N–H and O–H groups in total. The third-order valence-corrected chi connectivity index (χ3v) is 4.14. The van der Waals surface area contributed by atoms with E-state index >= 15 is 0 Å². The quantitative estimate of drug-likeness (QED) is 0.817. The Morgan fingerprint density at radius 2 is 2.12 bits per heavy atom. The molecule has 1 aliphatic rings. The molecule has 0 radical (unpaired) electrons. The number of halogens is 1. The van der Waals surface area contributed by atoms with Gasteiger partial charge in [0.25, 0.3) is 11.5 Å².